The van der Waals surface area contributed by atoms with Gasteiger partial charge in [-0.25, -0.2) is 8.42 Å². The quantitative estimate of drug-likeness (QED) is 0.786. The minimum Gasteiger partial charge on any atom is -0.389 e. The molecule has 1 heterocycles. The van der Waals surface area contributed by atoms with E-state index < -0.39 is 15.9 Å². The molecule has 1 atom stereocenters. The summed E-state index contributed by atoms with van der Waals surface area (Å²) in [5, 5.41) is 10.6. The van der Waals surface area contributed by atoms with Crippen molar-refractivity contribution in [3.8, 4) is 0 Å². The van der Waals surface area contributed by atoms with Gasteiger partial charge in [0.2, 0.25) is 9.84 Å². The first-order valence-corrected chi connectivity index (χ1v) is 6.22. The maximum absolute atomic E-state index is 11.7. The van der Waals surface area contributed by atoms with Crippen molar-refractivity contribution in [3.05, 3.63) is 34.7 Å². The lowest BCUT2D eigenvalue weighted by Crippen LogP contribution is -2.01. The molecule has 1 N–H and O–H groups in total. The third-order valence-electron chi connectivity index (χ3n) is 2.49. The Balaban J connectivity index is 2.73. The van der Waals surface area contributed by atoms with Gasteiger partial charge in [-0.2, -0.15) is 0 Å². The van der Waals surface area contributed by atoms with Crippen LogP contribution in [0.15, 0.2) is 28.5 Å². The summed E-state index contributed by atoms with van der Waals surface area (Å²) in [5.41, 5.74) is 2.00. The fourth-order valence-electron chi connectivity index (χ4n) is 1.72. The second-order valence-corrected chi connectivity index (χ2v) is 5.56. The zero-order valence-electron chi connectivity index (χ0n) is 8.56. The van der Waals surface area contributed by atoms with Crippen LogP contribution in [-0.4, -0.2) is 19.6 Å². The number of hydrogen-bond donors (Lipinski definition) is 1. The molecule has 1 aliphatic rings. The van der Waals surface area contributed by atoms with Gasteiger partial charge in [0.25, 0.3) is 0 Å². The van der Waals surface area contributed by atoms with Gasteiger partial charge in [0.15, 0.2) is 0 Å². The molecule has 0 amide bonds. The topological polar surface area (TPSA) is 54.4 Å². The molecule has 1 aromatic carbocycles. The zero-order valence-corrected chi connectivity index (χ0v) is 9.38. The lowest BCUT2D eigenvalue weighted by atomic mass is 10.0. The Kier molecular flexibility index (Phi) is 2.20. The van der Waals surface area contributed by atoms with Gasteiger partial charge in [-0.15, -0.1) is 0 Å². The van der Waals surface area contributed by atoms with Crippen LogP contribution in [0.4, 0.5) is 0 Å². The van der Waals surface area contributed by atoms with E-state index in [1.807, 2.05) is 13.0 Å². The minimum atomic E-state index is -3.34. The highest BCUT2D eigenvalue weighted by atomic mass is 32.2. The fraction of sp³-hybridized carbons (Fsp3) is 0.273. The van der Waals surface area contributed by atoms with Crippen LogP contribution in [0.5, 0.6) is 0 Å². The van der Waals surface area contributed by atoms with Crippen LogP contribution in [0.1, 0.15) is 18.1 Å². The first kappa shape index (κ1) is 10.4. The van der Waals surface area contributed by atoms with Crippen LogP contribution in [0.3, 0.4) is 0 Å². The van der Waals surface area contributed by atoms with Gasteiger partial charge in [0.1, 0.15) is 0 Å². The van der Waals surface area contributed by atoms with Gasteiger partial charge in [-0.3, -0.25) is 0 Å². The van der Waals surface area contributed by atoms with E-state index in [0.717, 1.165) is 11.0 Å². The lowest BCUT2D eigenvalue weighted by Gasteiger charge is -2.07. The van der Waals surface area contributed by atoms with Crippen LogP contribution in [0.2, 0.25) is 0 Å². The van der Waals surface area contributed by atoms with Gasteiger partial charge in [0, 0.05) is 11.0 Å². The maximum atomic E-state index is 11.7. The molecule has 3 nitrogen and oxygen atoms in total. The van der Waals surface area contributed by atoms with E-state index in [-0.39, 0.29) is 0 Å². The molecule has 4 heteroatoms. The Morgan fingerprint density at radius 3 is 2.60 bits per heavy atom. The van der Waals surface area contributed by atoms with Gasteiger partial charge in [-0.1, -0.05) is 12.1 Å². The molecule has 1 unspecified atom stereocenters. The molecule has 0 spiro atoms. The number of hydrogen-bond acceptors (Lipinski definition) is 3. The Bertz CT molecular complexity index is 539. The molecule has 1 aromatic rings. The van der Waals surface area contributed by atoms with Crippen LogP contribution < -0.4 is 0 Å². The van der Waals surface area contributed by atoms with Crippen molar-refractivity contribution in [3.63, 3.8) is 0 Å². The third-order valence-corrected chi connectivity index (χ3v) is 4.00. The summed E-state index contributed by atoms with van der Waals surface area (Å²) in [4.78, 5) is 0.304. The summed E-state index contributed by atoms with van der Waals surface area (Å²) in [7, 11) is -3.34. The Labute approximate surface area is 89.0 Å². The molecule has 1 aliphatic heterocycles. The molecule has 2 rings (SSSR count). The van der Waals surface area contributed by atoms with Crippen molar-refractivity contribution in [2.24, 2.45) is 0 Å². The van der Waals surface area contributed by atoms with Crippen molar-refractivity contribution in [2.75, 3.05) is 0 Å². The van der Waals surface area contributed by atoms with Crippen molar-refractivity contribution in [2.45, 2.75) is 24.8 Å². The monoisotopic (exact) mass is 224 g/mol. The molecule has 0 saturated carbocycles. The minimum absolute atomic E-state index is 0.304. The Morgan fingerprint density at radius 1 is 1.33 bits per heavy atom. The van der Waals surface area contributed by atoms with E-state index in [4.69, 9.17) is 0 Å². The summed E-state index contributed by atoms with van der Waals surface area (Å²) >= 11 is 0. The molecule has 0 saturated heterocycles. The standard InChI is InChI=1S/C11H12O3S/c1-7-3-4-9-10(8(2)12)6-15(13,14)11(9)5-7/h3-6,8,12H,1-2H3. The number of sulfone groups is 1. The van der Waals surface area contributed by atoms with Gasteiger partial charge < -0.3 is 5.11 Å². The normalized spacial score (nSPS) is 19.5. The summed E-state index contributed by atoms with van der Waals surface area (Å²) in [6, 6.07) is 5.22. The summed E-state index contributed by atoms with van der Waals surface area (Å²) in [5.74, 6) is 0. The van der Waals surface area contributed by atoms with E-state index in [2.05, 4.69) is 0 Å². The van der Waals surface area contributed by atoms with Crippen LogP contribution in [-0.2, 0) is 9.84 Å². The first-order chi connectivity index (χ1) is 6.92. The van der Waals surface area contributed by atoms with E-state index in [1.165, 1.54) is 0 Å². The second kappa shape index (κ2) is 3.18. The van der Waals surface area contributed by atoms with Gasteiger partial charge >= 0.3 is 0 Å². The highest BCUT2D eigenvalue weighted by Gasteiger charge is 2.28. The number of aliphatic hydroxyl groups excluding tert-OH is 1. The fourth-order valence-corrected chi connectivity index (χ4v) is 3.35. The maximum Gasteiger partial charge on any atom is 0.200 e. The summed E-state index contributed by atoms with van der Waals surface area (Å²) in [6.45, 7) is 3.41. The predicted molar refractivity (Wildman–Crippen MR) is 58.0 cm³/mol. The highest BCUT2D eigenvalue weighted by molar-refractivity contribution is 7.95. The van der Waals surface area contributed by atoms with Gasteiger partial charge in [0.05, 0.1) is 11.0 Å². The molecule has 0 fully saturated rings. The Hall–Kier alpha value is -1.13. The number of rotatable bonds is 1. The SMILES string of the molecule is Cc1ccc2c(c1)S(=O)(=O)C=C2C(C)O. The average Bonchev–Trinajstić information content (AvgIpc) is 2.39. The summed E-state index contributed by atoms with van der Waals surface area (Å²) in [6.07, 6.45) is -0.760. The predicted octanol–water partition coefficient (Wildman–Crippen LogP) is 1.50. The largest absolute Gasteiger partial charge is 0.389 e. The van der Waals surface area contributed by atoms with Crippen molar-refractivity contribution < 1.29 is 13.5 Å². The number of fused-ring (bicyclic) bond motifs is 1. The number of benzene rings is 1. The molecule has 0 radical (unpaired) electrons. The molecular formula is C11H12O3S. The van der Waals surface area contributed by atoms with E-state index in [9.17, 15) is 13.5 Å². The van der Waals surface area contributed by atoms with Crippen molar-refractivity contribution in [1.82, 2.24) is 0 Å². The van der Waals surface area contributed by atoms with Crippen LogP contribution in [0.25, 0.3) is 5.57 Å². The first-order valence-electron chi connectivity index (χ1n) is 4.67. The smallest absolute Gasteiger partial charge is 0.200 e. The Morgan fingerprint density at radius 2 is 2.00 bits per heavy atom. The molecule has 80 valence electrons. The number of aliphatic hydroxyl groups is 1. The lowest BCUT2D eigenvalue weighted by molar-refractivity contribution is 0.253. The molecule has 0 bridgehead atoms. The van der Waals surface area contributed by atoms with Crippen LogP contribution in [0, 0.1) is 6.92 Å². The molecule has 0 aromatic heterocycles. The average molecular weight is 224 g/mol. The van der Waals surface area contributed by atoms with Crippen molar-refractivity contribution in [1.29, 1.82) is 0 Å². The molecule has 15 heavy (non-hydrogen) atoms. The second-order valence-electron chi connectivity index (χ2n) is 3.79. The van der Waals surface area contributed by atoms with E-state index in [1.54, 1.807) is 19.1 Å². The van der Waals surface area contributed by atoms with E-state index >= 15 is 0 Å². The van der Waals surface area contributed by atoms with Crippen LogP contribution >= 0.6 is 0 Å². The summed E-state index contributed by atoms with van der Waals surface area (Å²) < 4.78 is 23.5. The van der Waals surface area contributed by atoms with Crippen molar-refractivity contribution >= 4 is 15.4 Å². The molecular weight excluding hydrogens is 212 g/mol. The van der Waals surface area contributed by atoms with Gasteiger partial charge in [-0.05, 0) is 31.0 Å². The zero-order chi connectivity index (χ0) is 11.2. The van der Waals surface area contributed by atoms with E-state index in [0.29, 0.717) is 16.0 Å². The third kappa shape index (κ3) is 1.60. The highest BCUT2D eigenvalue weighted by Crippen LogP contribution is 2.35. The number of aryl methyl sites for hydroxylation is 1. The molecule has 0 aliphatic carbocycles.